The Morgan fingerprint density at radius 1 is 0.211 bits per heavy atom. The normalized spacial score (nSPS) is 12.0. The summed E-state index contributed by atoms with van der Waals surface area (Å²) in [5.41, 5.74) is 23.5. The van der Waals surface area contributed by atoms with Crippen LogP contribution >= 0.6 is 0 Å². The van der Waals surface area contributed by atoms with Crippen molar-refractivity contribution in [3.05, 3.63) is 291 Å². The second-order valence-electron chi connectivity index (χ2n) is 23.2. The third-order valence-electron chi connectivity index (χ3n) is 18.1. The fourth-order valence-electron chi connectivity index (χ4n) is 14.0. The Morgan fingerprint density at radius 3 is 0.911 bits per heavy atom. The molecule has 6 heterocycles. The van der Waals surface area contributed by atoms with E-state index < -0.39 is 0 Å². The molecule has 0 bridgehead atoms. The summed E-state index contributed by atoms with van der Waals surface area (Å²) in [6.45, 7) is 0. The average molecular weight is 1150 g/mol. The van der Waals surface area contributed by atoms with Gasteiger partial charge in [-0.3, -0.25) is 0 Å². The van der Waals surface area contributed by atoms with Crippen molar-refractivity contribution in [1.82, 2.24) is 29.1 Å². The highest BCUT2D eigenvalue weighted by molar-refractivity contribution is 6.20. The van der Waals surface area contributed by atoms with E-state index in [1.165, 1.54) is 0 Å². The van der Waals surface area contributed by atoms with Crippen LogP contribution in [0.3, 0.4) is 0 Å². The number of rotatable bonds is 8. The average Bonchev–Trinajstić information content (AvgIpc) is 1.57. The van der Waals surface area contributed by atoms with Crippen molar-refractivity contribution in [1.29, 1.82) is 0 Å². The predicted octanol–water partition coefficient (Wildman–Crippen LogP) is 21.6. The van der Waals surface area contributed by atoms with E-state index in [1.807, 2.05) is 48.5 Å². The molecule has 90 heavy (non-hydrogen) atoms. The molecule has 0 aliphatic rings. The maximum Gasteiger partial charge on any atom is 0.137 e. The fourth-order valence-corrected chi connectivity index (χ4v) is 14.0. The monoisotopic (exact) mass is 1150 g/mol. The van der Waals surface area contributed by atoms with E-state index >= 15 is 0 Å². The highest BCUT2D eigenvalue weighted by Crippen LogP contribution is 2.46. The molecule has 13 aromatic carbocycles. The van der Waals surface area contributed by atoms with E-state index in [-0.39, 0.29) is 0 Å². The van der Waals surface area contributed by atoms with Crippen LogP contribution in [0.15, 0.2) is 300 Å². The van der Waals surface area contributed by atoms with Gasteiger partial charge in [0.25, 0.3) is 0 Å². The maximum atomic E-state index is 6.59. The lowest BCUT2D eigenvalue weighted by molar-refractivity contribution is 0.669. The minimum Gasteiger partial charge on any atom is -0.456 e. The van der Waals surface area contributed by atoms with Gasteiger partial charge in [0.15, 0.2) is 0 Å². The van der Waals surface area contributed by atoms with Crippen LogP contribution in [0, 0.1) is 0 Å². The minimum absolute atomic E-state index is 0.771. The summed E-state index contributed by atoms with van der Waals surface area (Å²) < 4.78 is 17.9. The number of benzene rings is 13. The SMILES string of the molecule is c1ccc(-c2nc3c(-c4ccc(-c5ccc(-n6c7ccccc7c7cc8c(cc76)oc6ccccc68)c6nc(-c7ccccc7)c(-c7ccccc7)nc56)cc4)ccc(-n4c5ccccc5c5cc6c(cc54)oc4ccccc46)c3nc2-c2ccccc2)cc1. The largest absolute Gasteiger partial charge is 0.456 e. The lowest BCUT2D eigenvalue weighted by atomic mass is 9.96. The summed E-state index contributed by atoms with van der Waals surface area (Å²) in [5.74, 6) is 0. The first kappa shape index (κ1) is 49.9. The number of nitrogens with zero attached hydrogens (tertiary/aromatic N) is 6. The van der Waals surface area contributed by atoms with Gasteiger partial charge in [0, 0.05) is 88.6 Å². The number of fused-ring (bicyclic) bond motifs is 14. The van der Waals surface area contributed by atoms with Crippen LogP contribution in [0.4, 0.5) is 0 Å². The molecular weight excluding hydrogens is 1100 g/mol. The van der Waals surface area contributed by atoms with Crippen molar-refractivity contribution in [2.75, 3.05) is 0 Å². The van der Waals surface area contributed by atoms with Gasteiger partial charge in [0.2, 0.25) is 0 Å². The second kappa shape index (κ2) is 19.6. The van der Waals surface area contributed by atoms with Crippen molar-refractivity contribution >= 4 is 110 Å². The van der Waals surface area contributed by atoms with Crippen LogP contribution in [0.5, 0.6) is 0 Å². The minimum atomic E-state index is 0.771. The molecule has 0 unspecified atom stereocenters. The van der Waals surface area contributed by atoms with Crippen molar-refractivity contribution in [2.45, 2.75) is 0 Å². The third kappa shape index (κ3) is 7.61. The number of hydrogen-bond acceptors (Lipinski definition) is 6. The summed E-state index contributed by atoms with van der Waals surface area (Å²) in [7, 11) is 0. The van der Waals surface area contributed by atoms with Gasteiger partial charge in [-0.15, -0.1) is 0 Å². The van der Waals surface area contributed by atoms with Crippen LogP contribution in [-0.2, 0) is 0 Å². The summed E-state index contributed by atoms with van der Waals surface area (Å²) in [6.07, 6.45) is 0. The maximum absolute atomic E-state index is 6.59. The Morgan fingerprint density at radius 2 is 0.533 bits per heavy atom. The Bertz CT molecular complexity index is 5750. The van der Waals surface area contributed by atoms with Gasteiger partial charge < -0.3 is 18.0 Å². The molecule has 0 spiro atoms. The van der Waals surface area contributed by atoms with E-state index in [9.17, 15) is 0 Å². The van der Waals surface area contributed by atoms with E-state index in [0.717, 1.165) is 188 Å². The third-order valence-corrected chi connectivity index (χ3v) is 18.1. The van der Waals surface area contributed by atoms with Crippen LogP contribution in [0.1, 0.15) is 0 Å². The second-order valence-corrected chi connectivity index (χ2v) is 23.2. The molecule has 8 nitrogen and oxygen atoms in total. The Hall–Kier alpha value is -12.3. The van der Waals surface area contributed by atoms with E-state index in [0.29, 0.717) is 0 Å². The van der Waals surface area contributed by atoms with E-state index in [4.69, 9.17) is 28.8 Å². The van der Waals surface area contributed by atoms with Crippen LogP contribution in [0.25, 0.3) is 188 Å². The zero-order valence-corrected chi connectivity index (χ0v) is 48.2. The summed E-state index contributed by atoms with van der Waals surface area (Å²) >= 11 is 0. The molecule has 0 aliphatic heterocycles. The van der Waals surface area contributed by atoms with Gasteiger partial charge in [0.1, 0.15) is 33.4 Å². The predicted molar refractivity (Wildman–Crippen MR) is 368 cm³/mol. The van der Waals surface area contributed by atoms with Crippen molar-refractivity contribution in [3.63, 3.8) is 0 Å². The zero-order chi connectivity index (χ0) is 59.0. The number of hydrogen-bond donors (Lipinski definition) is 0. The molecular formula is C82H48N6O2. The molecule has 0 amide bonds. The van der Waals surface area contributed by atoms with Crippen molar-refractivity contribution < 1.29 is 8.83 Å². The molecule has 19 rings (SSSR count). The first-order chi connectivity index (χ1) is 44.6. The molecule has 8 heteroatoms. The number of furan rings is 2. The Balaban J connectivity index is 0.840. The first-order valence-corrected chi connectivity index (χ1v) is 30.4. The van der Waals surface area contributed by atoms with Crippen molar-refractivity contribution in [2.24, 2.45) is 0 Å². The summed E-state index contributed by atoms with van der Waals surface area (Å²) in [4.78, 5) is 23.2. The fraction of sp³-hybridized carbons (Fsp3) is 0. The number of aromatic nitrogens is 6. The lowest BCUT2D eigenvalue weighted by Crippen LogP contribution is -2.03. The van der Waals surface area contributed by atoms with Gasteiger partial charge in [-0.05, 0) is 71.8 Å². The van der Waals surface area contributed by atoms with Gasteiger partial charge in [-0.25, -0.2) is 19.9 Å². The van der Waals surface area contributed by atoms with Crippen LogP contribution in [-0.4, -0.2) is 29.1 Å². The molecule has 0 saturated heterocycles. The van der Waals surface area contributed by atoms with E-state index in [2.05, 4.69) is 252 Å². The number of para-hydroxylation sites is 4. The highest BCUT2D eigenvalue weighted by Gasteiger charge is 2.26. The molecule has 0 aliphatic carbocycles. The zero-order valence-electron chi connectivity index (χ0n) is 48.2. The standard InChI is InChI=1S/C82H48N6O2/c1-5-21-51(22-6-1)75-77(53-25-9-3-10-26-53)85-81-67(87-65-33-17-13-29-57(65)61-45-63-59-31-15-19-35-71(59)89-73(63)47-69(61)87)43-41-55(79(81)83-75)49-37-39-50(40-38-49)56-42-44-68(82-80(56)84-76(52-23-7-2-8-24-52)78(86-82)54-27-11-4-12-28-54)88-66-34-18-14-30-58(66)62-46-64-60-32-16-20-36-72(60)90-74(64)48-70(62)88/h1-48H. The molecule has 6 aromatic heterocycles. The van der Waals surface area contributed by atoms with E-state index in [1.54, 1.807) is 0 Å². The quantitative estimate of drug-likeness (QED) is 0.151. The molecule has 0 saturated carbocycles. The summed E-state index contributed by atoms with van der Waals surface area (Å²) in [6, 6.07) is 102. The molecule has 0 radical (unpaired) electrons. The lowest BCUT2D eigenvalue weighted by Gasteiger charge is -2.18. The first-order valence-electron chi connectivity index (χ1n) is 30.4. The Kier molecular flexibility index (Phi) is 10.9. The highest BCUT2D eigenvalue weighted by atomic mass is 16.3. The van der Waals surface area contributed by atoms with Gasteiger partial charge >= 0.3 is 0 Å². The van der Waals surface area contributed by atoms with Crippen LogP contribution in [0.2, 0.25) is 0 Å². The molecule has 0 atom stereocenters. The molecule has 418 valence electrons. The van der Waals surface area contributed by atoms with Crippen molar-refractivity contribution in [3.8, 4) is 78.7 Å². The van der Waals surface area contributed by atoms with Gasteiger partial charge in [-0.1, -0.05) is 218 Å². The summed E-state index contributed by atoms with van der Waals surface area (Å²) in [5, 5.41) is 8.90. The topological polar surface area (TPSA) is 87.7 Å². The molecule has 0 fully saturated rings. The van der Waals surface area contributed by atoms with Gasteiger partial charge in [-0.2, -0.15) is 0 Å². The smallest absolute Gasteiger partial charge is 0.137 e. The van der Waals surface area contributed by atoms with Crippen LogP contribution < -0.4 is 0 Å². The molecule has 19 aromatic rings. The Labute approximate surface area is 514 Å². The molecule has 0 N–H and O–H groups in total. The van der Waals surface area contributed by atoms with Gasteiger partial charge in [0.05, 0.1) is 67.3 Å².